The molecule has 0 saturated heterocycles. The molecule has 2 atom stereocenters. The van der Waals surface area contributed by atoms with Crippen molar-refractivity contribution in [2.75, 3.05) is 13.2 Å². The monoisotopic (exact) mass is 305 g/mol. The Hall–Kier alpha value is -1.30. The molecule has 4 rings (SSSR count). The number of aliphatic hydroxyl groups is 1. The predicted octanol–water partition coefficient (Wildman–Crippen LogP) is 2.05. The third kappa shape index (κ3) is 2.19. The predicted molar refractivity (Wildman–Crippen MR) is 81.0 cm³/mol. The summed E-state index contributed by atoms with van der Waals surface area (Å²) in [5.74, 6) is 1.20. The van der Waals surface area contributed by atoms with E-state index < -0.39 is 5.79 Å². The standard InChI is InChI=1S/C17H23NO4/c18-9-15-12-4-5-14-16(13(12)8-11(10-19)20-15)22-17(21-14)6-2-1-3-7-17/h4-5,11,15,19H,1-3,6-10,18H2. The minimum absolute atomic E-state index is 0.00833. The van der Waals surface area contributed by atoms with Gasteiger partial charge in [0.2, 0.25) is 0 Å². The van der Waals surface area contributed by atoms with Crippen LogP contribution >= 0.6 is 0 Å². The van der Waals surface area contributed by atoms with Gasteiger partial charge < -0.3 is 25.1 Å². The average molecular weight is 305 g/mol. The lowest BCUT2D eigenvalue weighted by Crippen LogP contribution is -2.40. The van der Waals surface area contributed by atoms with Crippen LogP contribution in [0, 0.1) is 0 Å². The Morgan fingerprint density at radius 1 is 1.18 bits per heavy atom. The summed E-state index contributed by atoms with van der Waals surface area (Å²) in [6, 6.07) is 4.01. The lowest BCUT2D eigenvalue weighted by Gasteiger charge is -2.33. The van der Waals surface area contributed by atoms with Crippen LogP contribution in [0.25, 0.3) is 0 Å². The van der Waals surface area contributed by atoms with Gasteiger partial charge in [0.15, 0.2) is 11.5 Å². The Kier molecular flexibility index (Phi) is 3.51. The fraction of sp³-hybridized carbons (Fsp3) is 0.647. The summed E-state index contributed by atoms with van der Waals surface area (Å²) in [6.45, 7) is 0.389. The number of benzene rings is 1. The molecule has 1 fully saturated rings. The molecular weight excluding hydrogens is 282 g/mol. The van der Waals surface area contributed by atoms with Crippen LogP contribution in [0.4, 0.5) is 0 Å². The van der Waals surface area contributed by atoms with E-state index >= 15 is 0 Å². The van der Waals surface area contributed by atoms with Gasteiger partial charge in [0.1, 0.15) is 0 Å². The molecule has 0 aromatic heterocycles. The molecule has 0 radical (unpaired) electrons. The van der Waals surface area contributed by atoms with Gasteiger partial charge in [-0.05, 0) is 24.5 Å². The summed E-state index contributed by atoms with van der Waals surface area (Å²) < 4.78 is 18.3. The van der Waals surface area contributed by atoms with E-state index in [1.165, 1.54) is 6.42 Å². The molecule has 1 spiro atoms. The number of fused-ring (bicyclic) bond motifs is 3. The van der Waals surface area contributed by atoms with Gasteiger partial charge in [-0.15, -0.1) is 0 Å². The quantitative estimate of drug-likeness (QED) is 0.875. The van der Waals surface area contributed by atoms with Crippen LogP contribution in [0.3, 0.4) is 0 Å². The molecule has 2 heterocycles. The maximum absolute atomic E-state index is 9.48. The normalized spacial score (nSPS) is 28.6. The fourth-order valence-electron chi connectivity index (χ4n) is 3.90. The van der Waals surface area contributed by atoms with Crippen molar-refractivity contribution in [1.82, 2.24) is 0 Å². The SMILES string of the molecule is NCC1OC(CO)Cc2c1ccc1c2OC2(CCCCC2)O1. The Bertz CT molecular complexity index is 568. The van der Waals surface area contributed by atoms with Gasteiger partial charge in [-0.2, -0.15) is 0 Å². The van der Waals surface area contributed by atoms with E-state index in [1.807, 2.05) is 12.1 Å². The van der Waals surface area contributed by atoms with Crippen LogP contribution in [0.5, 0.6) is 11.5 Å². The highest BCUT2D eigenvalue weighted by Crippen LogP contribution is 2.50. The highest BCUT2D eigenvalue weighted by atomic mass is 16.7. The summed E-state index contributed by atoms with van der Waals surface area (Å²) in [4.78, 5) is 0. The molecule has 120 valence electrons. The molecule has 0 bridgehead atoms. The van der Waals surface area contributed by atoms with Crippen molar-refractivity contribution in [2.24, 2.45) is 5.73 Å². The van der Waals surface area contributed by atoms with E-state index in [1.54, 1.807) is 0 Å². The number of hydrogen-bond acceptors (Lipinski definition) is 5. The van der Waals surface area contributed by atoms with Gasteiger partial charge in [-0.25, -0.2) is 0 Å². The zero-order valence-electron chi connectivity index (χ0n) is 12.7. The van der Waals surface area contributed by atoms with Crippen molar-refractivity contribution >= 4 is 0 Å². The Morgan fingerprint density at radius 2 is 2.00 bits per heavy atom. The van der Waals surface area contributed by atoms with E-state index in [0.29, 0.717) is 13.0 Å². The first-order valence-electron chi connectivity index (χ1n) is 8.25. The summed E-state index contributed by atoms with van der Waals surface area (Å²) in [5.41, 5.74) is 8.01. The van der Waals surface area contributed by atoms with Crippen molar-refractivity contribution in [2.45, 2.75) is 56.5 Å². The van der Waals surface area contributed by atoms with E-state index in [-0.39, 0.29) is 18.8 Å². The highest BCUT2D eigenvalue weighted by molar-refractivity contribution is 5.55. The smallest absolute Gasteiger partial charge is 0.251 e. The van der Waals surface area contributed by atoms with Crippen LogP contribution in [0.1, 0.15) is 49.3 Å². The van der Waals surface area contributed by atoms with Crippen molar-refractivity contribution in [3.8, 4) is 11.5 Å². The van der Waals surface area contributed by atoms with Crippen LogP contribution < -0.4 is 15.2 Å². The first-order valence-corrected chi connectivity index (χ1v) is 8.25. The van der Waals surface area contributed by atoms with E-state index in [9.17, 15) is 5.11 Å². The third-order valence-corrected chi connectivity index (χ3v) is 5.01. The Morgan fingerprint density at radius 3 is 2.73 bits per heavy atom. The lowest BCUT2D eigenvalue weighted by molar-refractivity contribution is -0.106. The van der Waals surface area contributed by atoms with Gasteiger partial charge in [0.25, 0.3) is 5.79 Å². The molecule has 1 aromatic rings. The molecule has 3 N–H and O–H groups in total. The second kappa shape index (κ2) is 5.41. The van der Waals surface area contributed by atoms with Crippen LogP contribution in [-0.4, -0.2) is 30.1 Å². The fourth-order valence-corrected chi connectivity index (χ4v) is 3.90. The topological polar surface area (TPSA) is 73.9 Å². The number of rotatable bonds is 2. The summed E-state index contributed by atoms with van der Waals surface area (Å²) >= 11 is 0. The molecule has 5 nitrogen and oxygen atoms in total. The van der Waals surface area contributed by atoms with Crippen LogP contribution in [-0.2, 0) is 11.2 Å². The molecule has 22 heavy (non-hydrogen) atoms. The number of hydrogen-bond donors (Lipinski definition) is 2. The van der Waals surface area contributed by atoms with Gasteiger partial charge in [0, 0.05) is 31.4 Å². The molecule has 0 amide bonds. The van der Waals surface area contributed by atoms with Gasteiger partial charge in [0.05, 0.1) is 18.8 Å². The largest absolute Gasteiger partial charge is 0.448 e. The van der Waals surface area contributed by atoms with Crippen LogP contribution in [0.2, 0.25) is 0 Å². The molecule has 2 aliphatic heterocycles. The number of nitrogens with two attached hydrogens (primary N) is 1. The van der Waals surface area contributed by atoms with Crippen LogP contribution in [0.15, 0.2) is 12.1 Å². The zero-order valence-corrected chi connectivity index (χ0v) is 12.7. The summed E-state index contributed by atoms with van der Waals surface area (Å²) in [5, 5.41) is 9.48. The number of aliphatic hydroxyl groups excluding tert-OH is 1. The third-order valence-electron chi connectivity index (χ3n) is 5.01. The van der Waals surface area contributed by atoms with E-state index in [2.05, 4.69) is 0 Å². The van der Waals surface area contributed by atoms with Crippen molar-refractivity contribution in [1.29, 1.82) is 0 Å². The summed E-state index contributed by atoms with van der Waals surface area (Å²) in [6.07, 6.45) is 5.65. The highest BCUT2D eigenvalue weighted by Gasteiger charge is 2.45. The van der Waals surface area contributed by atoms with Gasteiger partial charge in [-0.3, -0.25) is 0 Å². The molecular formula is C17H23NO4. The van der Waals surface area contributed by atoms with Crippen molar-refractivity contribution in [3.63, 3.8) is 0 Å². The van der Waals surface area contributed by atoms with Crippen molar-refractivity contribution < 1.29 is 19.3 Å². The van der Waals surface area contributed by atoms with Gasteiger partial charge >= 0.3 is 0 Å². The Balaban J connectivity index is 1.71. The summed E-state index contributed by atoms with van der Waals surface area (Å²) in [7, 11) is 0. The van der Waals surface area contributed by atoms with Gasteiger partial charge in [-0.1, -0.05) is 12.5 Å². The van der Waals surface area contributed by atoms with E-state index in [0.717, 1.165) is 48.3 Å². The zero-order chi connectivity index (χ0) is 15.2. The molecule has 1 aliphatic carbocycles. The lowest BCUT2D eigenvalue weighted by atomic mass is 9.92. The number of ether oxygens (including phenoxy) is 3. The molecule has 1 aromatic carbocycles. The maximum Gasteiger partial charge on any atom is 0.251 e. The molecule has 1 saturated carbocycles. The molecule has 2 unspecified atom stereocenters. The Labute approximate surface area is 130 Å². The first kappa shape index (κ1) is 14.3. The maximum atomic E-state index is 9.48. The molecule has 5 heteroatoms. The molecule has 3 aliphatic rings. The van der Waals surface area contributed by atoms with E-state index in [4.69, 9.17) is 19.9 Å². The second-order valence-corrected chi connectivity index (χ2v) is 6.51. The minimum atomic E-state index is -0.471. The van der Waals surface area contributed by atoms with Crippen molar-refractivity contribution in [3.05, 3.63) is 23.3 Å². The first-order chi connectivity index (χ1) is 10.7. The second-order valence-electron chi connectivity index (χ2n) is 6.51. The minimum Gasteiger partial charge on any atom is -0.448 e. The average Bonchev–Trinajstić information content (AvgIpc) is 2.92.